The molecule has 4 rings (SSSR count). The molecule has 2 unspecified atom stereocenters. The fraction of sp³-hybridized carbons (Fsp3) is 0.400. The maximum absolute atomic E-state index is 11.4. The molecule has 110 valence electrons. The second-order valence-electron chi connectivity index (χ2n) is 5.12. The van der Waals surface area contributed by atoms with Gasteiger partial charge in [-0.1, -0.05) is 0 Å². The third kappa shape index (κ3) is 3.01. The number of hydrogen-bond acceptors (Lipinski definition) is 6. The predicted molar refractivity (Wildman–Crippen MR) is 73.0 cm³/mol. The first kappa shape index (κ1) is 12.7. The van der Waals surface area contributed by atoms with Crippen LogP contribution in [-0.2, 0) is 9.47 Å². The van der Waals surface area contributed by atoms with Crippen LogP contribution in [0.4, 0.5) is 0 Å². The molecule has 2 aliphatic rings. The third-order valence-electron chi connectivity index (χ3n) is 3.34. The molecule has 2 aliphatic heterocycles. The van der Waals surface area contributed by atoms with Gasteiger partial charge in [0.1, 0.15) is 42.5 Å². The van der Waals surface area contributed by atoms with Crippen LogP contribution in [0, 0.1) is 0 Å². The summed E-state index contributed by atoms with van der Waals surface area (Å²) in [6, 6.07) is 6.56. The van der Waals surface area contributed by atoms with Crippen LogP contribution < -0.4 is 15.1 Å². The molecule has 0 saturated carbocycles. The number of hydrogen-bond donors (Lipinski definition) is 0. The van der Waals surface area contributed by atoms with Gasteiger partial charge in [-0.2, -0.15) is 0 Å². The van der Waals surface area contributed by atoms with E-state index in [-0.39, 0.29) is 12.2 Å². The number of ether oxygens (including phenoxy) is 4. The Hall–Kier alpha value is -2.05. The van der Waals surface area contributed by atoms with Crippen LogP contribution in [0.5, 0.6) is 11.5 Å². The maximum atomic E-state index is 11.4. The molecule has 0 bridgehead atoms. The van der Waals surface area contributed by atoms with Gasteiger partial charge in [-0.15, -0.1) is 0 Å². The largest absolute Gasteiger partial charge is 0.491 e. The molecule has 2 atom stereocenters. The Morgan fingerprint density at radius 3 is 2.48 bits per heavy atom. The van der Waals surface area contributed by atoms with Gasteiger partial charge < -0.3 is 23.4 Å². The fourth-order valence-corrected chi connectivity index (χ4v) is 2.02. The second-order valence-corrected chi connectivity index (χ2v) is 5.12. The lowest BCUT2D eigenvalue weighted by Crippen LogP contribution is -2.07. The van der Waals surface area contributed by atoms with Crippen LogP contribution in [0.2, 0.25) is 0 Å². The first-order chi connectivity index (χ1) is 10.3. The summed E-state index contributed by atoms with van der Waals surface area (Å²) < 4.78 is 26.8. The van der Waals surface area contributed by atoms with Crippen LogP contribution in [-0.4, -0.2) is 38.6 Å². The van der Waals surface area contributed by atoms with Gasteiger partial charge in [0.2, 0.25) is 0 Å². The van der Waals surface area contributed by atoms with Crippen molar-refractivity contribution in [3.05, 3.63) is 34.7 Å². The van der Waals surface area contributed by atoms with Crippen LogP contribution >= 0.6 is 0 Å². The molecule has 3 heterocycles. The van der Waals surface area contributed by atoms with E-state index < -0.39 is 5.63 Å². The Bertz CT molecular complexity index is 714. The Labute approximate surface area is 120 Å². The minimum Gasteiger partial charge on any atom is -0.491 e. The third-order valence-corrected chi connectivity index (χ3v) is 3.34. The first-order valence-corrected chi connectivity index (χ1v) is 6.85. The number of rotatable bonds is 6. The van der Waals surface area contributed by atoms with E-state index in [4.69, 9.17) is 23.4 Å². The summed E-state index contributed by atoms with van der Waals surface area (Å²) in [4.78, 5) is 11.4. The van der Waals surface area contributed by atoms with Crippen molar-refractivity contribution in [2.75, 3.05) is 26.4 Å². The molecule has 1 aromatic heterocycles. The van der Waals surface area contributed by atoms with Gasteiger partial charge in [0.05, 0.1) is 18.6 Å². The van der Waals surface area contributed by atoms with E-state index in [1.54, 1.807) is 18.2 Å². The molecule has 0 radical (unpaired) electrons. The number of epoxide rings is 2. The fourth-order valence-electron chi connectivity index (χ4n) is 2.02. The minimum atomic E-state index is -0.401. The van der Waals surface area contributed by atoms with Gasteiger partial charge in [0.25, 0.3) is 0 Å². The minimum absolute atomic E-state index is 0.153. The van der Waals surface area contributed by atoms with Crippen molar-refractivity contribution in [1.29, 1.82) is 0 Å². The topological polar surface area (TPSA) is 73.7 Å². The average molecular weight is 290 g/mol. The molecule has 6 heteroatoms. The van der Waals surface area contributed by atoms with E-state index in [9.17, 15) is 4.79 Å². The summed E-state index contributed by atoms with van der Waals surface area (Å²) in [7, 11) is 0. The first-order valence-electron chi connectivity index (χ1n) is 6.85. The molecule has 1 aromatic carbocycles. The van der Waals surface area contributed by atoms with Crippen LogP contribution in [0.3, 0.4) is 0 Å². The van der Waals surface area contributed by atoms with Crippen LogP contribution in [0.1, 0.15) is 0 Å². The molecule has 2 fully saturated rings. The highest BCUT2D eigenvalue weighted by Crippen LogP contribution is 2.31. The lowest BCUT2D eigenvalue weighted by atomic mass is 10.2. The van der Waals surface area contributed by atoms with Crippen molar-refractivity contribution in [1.82, 2.24) is 0 Å². The molecule has 21 heavy (non-hydrogen) atoms. The maximum Gasteiger partial charge on any atom is 0.336 e. The van der Waals surface area contributed by atoms with Gasteiger partial charge >= 0.3 is 5.63 Å². The standard InChI is InChI=1S/C15H14O6/c16-15-2-1-12-13(20-8-11-7-19-11)3-9(4-14(12)21-15)17-5-10-6-18-10/h1-4,10-11H,5-8H2. The molecule has 6 nitrogen and oxygen atoms in total. The van der Waals surface area contributed by atoms with Gasteiger partial charge in [-0.3, -0.25) is 0 Å². The smallest absolute Gasteiger partial charge is 0.336 e. The summed E-state index contributed by atoms with van der Waals surface area (Å²) in [6.07, 6.45) is 0.313. The molecule has 0 amide bonds. The van der Waals surface area contributed by atoms with Gasteiger partial charge in [-0.25, -0.2) is 4.79 Å². The van der Waals surface area contributed by atoms with Gasteiger partial charge in [0, 0.05) is 18.2 Å². The van der Waals surface area contributed by atoms with E-state index in [2.05, 4.69) is 0 Å². The summed E-state index contributed by atoms with van der Waals surface area (Å²) in [5.41, 5.74) is 0.0464. The summed E-state index contributed by atoms with van der Waals surface area (Å²) in [6.45, 7) is 2.41. The van der Waals surface area contributed by atoms with E-state index in [1.807, 2.05) is 0 Å². The summed E-state index contributed by atoms with van der Waals surface area (Å²) in [5, 5.41) is 0.741. The lowest BCUT2D eigenvalue weighted by molar-refractivity contribution is 0.253. The lowest BCUT2D eigenvalue weighted by Gasteiger charge is -2.11. The zero-order chi connectivity index (χ0) is 14.2. The van der Waals surface area contributed by atoms with Gasteiger partial charge in [0.15, 0.2) is 0 Å². The average Bonchev–Trinajstić information content (AvgIpc) is 3.37. The van der Waals surface area contributed by atoms with E-state index in [0.29, 0.717) is 30.3 Å². The Morgan fingerprint density at radius 2 is 1.76 bits per heavy atom. The Balaban J connectivity index is 1.65. The molecule has 2 saturated heterocycles. The second kappa shape index (κ2) is 5.05. The molecular formula is C15H14O6. The monoisotopic (exact) mass is 290 g/mol. The summed E-state index contributed by atoms with van der Waals surface area (Å²) >= 11 is 0. The normalized spacial score (nSPS) is 23.0. The Kier molecular flexibility index (Phi) is 3.05. The van der Waals surface area contributed by atoms with Crippen LogP contribution in [0.15, 0.2) is 33.5 Å². The molecule has 2 aromatic rings. The zero-order valence-electron chi connectivity index (χ0n) is 11.2. The van der Waals surface area contributed by atoms with Crippen molar-refractivity contribution >= 4 is 11.0 Å². The van der Waals surface area contributed by atoms with E-state index in [1.165, 1.54) is 6.07 Å². The number of fused-ring (bicyclic) bond motifs is 1. The van der Waals surface area contributed by atoms with Crippen molar-refractivity contribution < 1.29 is 23.4 Å². The van der Waals surface area contributed by atoms with Crippen molar-refractivity contribution in [2.45, 2.75) is 12.2 Å². The summed E-state index contributed by atoms with van der Waals surface area (Å²) in [5.74, 6) is 1.22. The SMILES string of the molecule is O=c1ccc2c(OCC3CO3)cc(OCC3CO3)cc2o1. The highest BCUT2D eigenvalue weighted by molar-refractivity contribution is 5.85. The molecule has 0 aliphatic carbocycles. The highest BCUT2D eigenvalue weighted by atomic mass is 16.6. The van der Waals surface area contributed by atoms with Crippen molar-refractivity contribution in [3.63, 3.8) is 0 Å². The quantitative estimate of drug-likeness (QED) is 0.590. The van der Waals surface area contributed by atoms with E-state index in [0.717, 1.165) is 18.6 Å². The van der Waals surface area contributed by atoms with Crippen molar-refractivity contribution in [3.8, 4) is 11.5 Å². The number of benzene rings is 1. The molecule has 0 spiro atoms. The zero-order valence-corrected chi connectivity index (χ0v) is 11.2. The van der Waals surface area contributed by atoms with E-state index >= 15 is 0 Å². The molecular weight excluding hydrogens is 276 g/mol. The van der Waals surface area contributed by atoms with Crippen LogP contribution in [0.25, 0.3) is 11.0 Å². The van der Waals surface area contributed by atoms with Gasteiger partial charge in [-0.05, 0) is 6.07 Å². The Morgan fingerprint density at radius 1 is 1.05 bits per heavy atom. The highest BCUT2D eigenvalue weighted by Gasteiger charge is 2.25. The predicted octanol–water partition coefficient (Wildman–Crippen LogP) is 1.35. The van der Waals surface area contributed by atoms with Crippen molar-refractivity contribution in [2.24, 2.45) is 0 Å². The molecule has 0 N–H and O–H groups in total.